The highest BCUT2D eigenvalue weighted by Crippen LogP contribution is 2.33. The summed E-state index contributed by atoms with van der Waals surface area (Å²) < 4.78 is 28.9. The first kappa shape index (κ1) is 13.3. The molecule has 2 heterocycles. The molecule has 0 amide bonds. The van der Waals surface area contributed by atoms with E-state index in [9.17, 15) is 8.42 Å². The molecular weight excluding hydrogens is 240 g/mol. The van der Waals surface area contributed by atoms with Crippen LogP contribution in [0.4, 0.5) is 0 Å². The Labute approximate surface area is 103 Å². The third kappa shape index (κ3) is 2.36. The van der Waals surface area contributed by atoms with Gasteiger partial charge in [0.2, 0.25) is 0 Å². The molecule has 6 heteroatoms. The van der Waals surface area contributed by atoms with Crippen LogP contribution in [-0.4, -0.2) is 62.7 Å². The SMILES string of the molecule is CC1OCCC1N(C)C1(CN)CCS(=O)(=O)C1. The van der Waals surface area contributed by atoms with Crippen molar-refractivity contribution in [2.24, 2.45) is 5.73 Å². The van der Waals surface area contributed by atoms with E-state index >= 15 is 0 Å². The molecule has 3 atom stereocenters. The average Bonchev–Trinajstić information content (AvgIpc) is 2.82. The fourth-order valence-corrected chi connectivity index (χ4v) is 5.18. The summed E-state index contributed by atoms with van der Waals surface area (Å²) in [6.45, 7) is 3.19. The summed E-state index contributed by atoms with van der Waals surface area (Å²) in [5.74, 6) is 0.451. The Morgan fingerprint density at radius 3 is 2.65 bits per heavy atom. The second kappa shape index (κ2) is 4.50. The Bertz CT molecular complexity index is 384. The molecule has 0 saturated carbocycles. The lowest BCUT2D eigenvalue weighted by molar-refractivity contribution is 0.0390. The normalized spacial score (nSPS) is 41.2. The van der Waals surface area contributed by atoms with Gasteiger partial charge in [-0.1, -0.05) is 0 Å². The molecule has 0 spiro atoms. The minimum absolute atomic E-state index is 0.159. The lowest BCUT2D eigenvalue weighted by Gasteiger charge is -2.41. The Balaban J connectivity index is 2.18. The van der Waals surface area contributed by atoms with Crippen LogP contribution in [0.1, 0.15) is 19.8 Å². The average molecular weight is 262 g/mol. The summed E-state index contributed by atoms with van der Waals surface area (Å²) in [6, 6.07) is 0.284. The standard InChI is InChI=1S/C11H22N2O3S/c1-9-10(3-5-16-9)13(2)11(7-12)4-6-17(14,15)8-11/h9-10H,3-8,12H2,1-2H3. The minimum atomic E-state index is -2.92. The van der Waals surface area contributed by atoms with Gasteiger partial charge in [0, 0.05) is 24.7 Å². The van der Waals surface area contributed by atoms with E-state index in [1.165, 1.54) is 0 Å². The largest absolute Gasteiger partial charge is 0.377 e. The zero-order valence-corrected chi connectivity index (χ0v) is 11.4. The lowest BCUT2D eigenvalue weighted by atomic mass is 9.93. The molecule has 17 heavy (non-hydrogen) atoms. The minimum Gasteiger partial charge on any atom is -0.377 e. The van der Waals surface area contributed by atoms with Crippen LogP contribution in [-0.2, 0) is 14.6 Å². The van der Waals surface area contributed by atoms with Crippen molar-refractivity contribution in [1.82, 2.24) is 4.90 Å². The maximum atomic E-state index is 11.7. The first-order valence-corrected chi connectivity index (χ1v) is 7.97. The van der Waals surface area contributed by atoms with E-state index in [4.69, 9.17) is 10.5 Å². The maximum Gasteiger partial charge on any atom is 0.152 e. The quantitative estimate of drug-likeness (QED) is 0.750. The Kier molecular flexibility index (Phi) is 3.51. The zero-order chi connectivity index (χ0) is 12.7. The molecule has 0 aliphatic carbocycles. The van der Waals surface area contributed by atoms with Crippen LogP contribution >= 0.6 is 0 Å². The van der Waals surface area contributed by atoms with Gasteiger partial charge in [0.1, 0.15) is 0 Å². The first-order chi connectivity index (χ1) is 7.90. The molecule has 0 aromatic rings. The predicted molar refractivity (Wildman–Crippen MR) is 66.6 cm³/mol. The third-order valence-corrected chi connectivity index (χ3v) is 6.13. The number of rotatable bonds is 3. The highest BCUT2D eigenvalue weighted by molar-refractivity contribution is 7.91. The molecule has 0 radical (unpaired) electrons. The van der Waals surface area contributed by atoms with Gasteiger partial charge in [-0.3, -0.25) is 4.90 Å². The van der Waals surface area contributed by atoms with E-state index in [-0.39, 0.29) is 29.2 Å². The number of ether oxygens (including phenoxy) is 1. The zero-order valence-electron chi connectivity index (χ0n) is 10.6. The number of nitrogens with zero attached hydrogens (tertiary/aromatic N) is 1. The van der Waals surface area contributed by atoms with Crippen molar-refractivity contribution in [2.45, 2.75) is 37.5 Å². The van der Waals surface area contributed by atoms with Crippen LogP contribution in [0, 0.1) is 0 Å². The number of likely N-dealkylation sites (N-methyl/N-ethyl adjacent to an activating group) is 1. The van der Waals surface area contributed by atoms with Crippen LogP contribution in [0.25, 0.3) is 0 Å². The second-order valence-electron chi connectivity index (χ2n) is 5.31. The third-order valence-electron chi connectivity index (χ3n) is 4.33. The second-order valence-corrected chi connectivity index (χ2v) is 7.50. The highest BCUT2D eigenvalue weighted by atomic mass is 32.2. The van der Waals surface area contributed by atoms with Gasteiger partial charge in [-0.2, -0.15) is 0 Å². The molecule has 0 aromatic heterocycles. The van der Waals surface area contributed by atoms with E-state index in [0.717, 1.165) is 13.0 Å². The Hall–Kier alpha value is -0.170. The van der Waals surface area contributed by atoms with Gasteiger partial charge in [-0.25, -0.2) is 8.42 Å². The van der Waals surface area contributed by atoms with Gasteiger partial charge in [-0.15, -0.1) is 0 Å². The van der Waals surface area contributed by atoms with Crippen molar-refractivity contribution in [3.05, 3.63) is 0 Å². The molecule has 3 unspecified atom stereocenters. The summed E-state index contributed by atoms with van der Waals surface area (Å²) in [6.07, 6.45) is 1.76. The molecule has 5 nitrogen and oxygen atoms in total. The van der Waals surface area contributed by atoms with Crippen LogP contribution < -0.4 is 5.73 Å². The molecule has 2 fully saturated rings. The molecule has 2 saturated heterocycles. The van der Waals surface area contributed by atoms with Gasteiger partial charge in [0.25, 0.3) is 0 Å². The smallest absolute Gasteiger partial charge is 0.152 e. The Morgan fingerprint density at radius 2 is 2.24 bits per heavy atom. The lowest BCUT2D eigenvalue weighted by Crippen LogP contribution is -2.58. The Morgan fingerprint density at radius 1 is 1.53 bits per heavy atom. The van der Waals surface area contributed by atoms with Gasteiger partial charge in [0.05, 0.1) is 17.6 Å². The van der Waals surface area contributed by atoms with Crippen LogP contribution in [0.3, 0.4) is 0 Å². The molecule has 0 bridgehead atoms. The van der Waals surface area contributed by atoms with Crippen LogP contribution in [0.5, 0.6) is 0 Å². The van der Waals surface area contributed by atoms with Crippen molar-refractivity contribution in [1.29, 1.82) is 0 Å². The van der Waals surface area contributed by atoms with E-state index in [1.54, 1.807) is 0 Å². The molecule has 100 valence electrons. The van der Waals surface area contributed by atoms with E-state index in [0.29, 0.717) is 13.0 Å². The first-order valence-electron chi connectivity index (χ1n) is 6.15. The molecule has 0 aromatic carbocycles. The highest BCUT2D eigenvalue weighted by Gasteiger charge is 2.47. The molecule has 2 aliphatic rings. The van der Waals surface area contributed by atoms with E-state index in [2.05, 4.69) is 4.90 Å². The van der Waals surface area contributed by atoms with Crippen LogP contribution in [0.15, 0.2) is 0 Å². The molecule has 2 rings (SSSR count). The van der Waals surface area contributed by atoms with Gasteiger partial charge in [-0.05, 0) is 26.8 Å². The summed E-state index contributed by atoms with van der Waals surface area (Å²) >= 11 is 0. The monoisotopic (exact) mass is 262 g/mol. The number of hydrogen-bond acceptors (Lipinski definition) is 5. The number of sulfone groups is 1. The summed E-state index contributed by atoms with van der Waals surface area (Å²) in [4.78, 5) is 2.16. The van der Waals surface area contributed by atoms with E-state index in [1.807, 2.05) is 14.0 Å². The predicted octanol–water partition coefficient (Wildman–Crippen LogP) is -0.388. The van der Waals surface area contributed by atoms with Crippen molar-refractivity contribution in [3.8, 4) is 0 Å². The topological polar surface area (TPSA) is 72.6 Å². The summed E-state index contributed by atoms with van der Waals surface area (Å²) in [5.41, 5.74) is 5.47. The fourth-order valence-electron chi connectivity index (χ4n) is 3.06. The summed E-state index contributed by atoms with van der Waals surface area (Å²) in [5, 5.41) is 0. The van der Waals surface area contributed by atoms with Crippen molar-refractivity contribution in [2.75, 3.05) is 31.7 Å². The van der Waals surface area contributed by atoms with Gasteiger partial charge < -0.3 is 10.5 Å². The number of hydrogen-bond donors (Lipinski definition) is 1. The van der Waals surface area contributed by atoms with Gasteiger partial charge in [0.15, 0.2) is 9.84 Å². The van der Waals surface area contributed by atoms with Crippen molar-refractivity contribution in [3.63, 3.8) is 0 Å². The van der Waals surface area contributed by atoms with Crippen molar-refractivity contribution >= 4 is 9.84 Å². The van der Waals surface area contributed by atoms with Crippen molar-refractivity contribution < 1.29 is 13.2 Å². The van der Waals surface area contributed by atoms with Crippen LogP contribution in [0.2, 0.25) is 0 Å². The summed E-state index contributed by atoms with van der Waals surface area (Å²) in [7, 11) is -0.931. The number of nitrogens with two attached hydrogens (primary N) is 1. The molecule has 2 aliphatic heterocycles. The molecule has 2 N–H and O–H groups in total. The van der Waals surface area contributed by atoms with E-state index < -0.39 is 9.84 Å². The fraction of sp³-hybridized carbons (Fsp3) is 1.00. The van der Waals surface area contributed by atoms with Gasteiger partial charge >= 0.3 is 0 Å². The molecular formula is C11H22N2O3S. The maximum absolute atomic E-state index is 11.7.